The monoisotopic (exact) mass is 315 g/mol. The zero-order valence-electron chi connectivity index (χ0n) is 13.2. The molecule has 1 atom stereocenters. The number of hydrogen-bond donors (Lipinski definition) is 2. The van der Waals surface area contributed by atoms with E-state index >= 15 is 0 Å². The lowest BCUT2D eigenvalue weighted by Gasteiger charge is -2.22. The number of carbonyl (C=O) groups is 1. The average Bonchev–Trinajstić information content (AvgIpc) is 3.07. The third-order valence-corrected chi connectivity index (χ3v) is 3.78. The number of H-pyrrole nitrogens is 1. The minimum Gasteiger partial charge on any atom is -0.493 e. The van der Waals surface area contributed by atoms with Crippen LogP contribution in [0.5, 0.6) is 5.75 Å². The summed E-state index contributed by atoms with van der Waals surface area (Å²) in [7, 11) is 0. The Morgan fingerprint density at radius 3 is 3.13 bits per heavy atom. The van der Waals surface area contributed by atoms with Crippen molar-refractivity contribution in [3.63, 3.8) is 0 Å². The highest BCUT2D eigenvalue weighted by atomic mass is 16.5. The molecule has 1 aliphatic heterocycles. The molecule has 6 nitrogen and oxygen atoms in total. The number of rotatable bonds is 5. The molecule has 2 aromatic rings. The van der Waals surface area contributed by atoms with E-state index in [4.69, 9.17) is 9.47 Å². The first kappa shape index (κ1) is 15.6. The van der Waals surface area contributed by atoms with Crippen LogP contribution in [0.25, 0.3) is 11.3 Å². The number of nitrogens with one attached hydrogen (secondary N) is 2. The Kier molecular flexibility index (Phi) is 4.92. The third-order valence-electron chi connectivity index (χ3n) is 3.78. The van der Waals surface area contributed by atoms with Gasteiger partial charge >= 0.3 is 0 Å². The summed E-state index contributed by atoms with van der Waals surface area (Å²) in [6.07, 6.45) is 1.92. The van der Waals surface area contributed by atoms with Crippen LogP contribution in [0, 0.1) is 0 Å². The zero-order chi connectivity index (χ0) is 16.1. The number of ether oxygens (including phenoxy) is 2. The molecule has 2 N–H and O–H groups in total. The molecule has 0 saturated carbocycles. The molecule has 23 heavy (non-hydrogen) atoms. The van der Waals surface area contributed by atoms with Gasteiger partial charge in [-0.15, -0.1) is 0 Å². The highest BCUT2D eigenvalue weighted by molar-refractivity contribution is 5.93. The van der Waals surface area contributed by atoms with Gasteiger partial charge in [0.1, 0.15) is 11.4 Å². The van der Waals surface area contributed by atoms with E-state index in [9.17, 15) is 4.79 Å². The molecule has 122 valence electrons. The van der Waals surface area contributed by atoms with Crippen molar-refractivity contribution in [1.82, 2.24) is 15.5 Å². The molecule has 1 aliphatic rings. The van der Waals surface area contributed by atoms with Gasteiger partial charge in [0.25, 0.3) is 5.91 Å². The highest BCUT2D eigenvalue weighted by Crippen LogP contribution is 2.28. The van der Waals surface area contributed by atoms with Crippen molar-refractivity contribution in [3.05, 3.63) is 36.0 Å². The predicted octanol–water partition coefficient (Wildman–Crippen LogP) is 2.38. The zero-order valence-corrected chi connectivity index (χ0v) is 13.2. The van der Waals surface area contributed by atoms with Crippen molar-refractivity contribution >= 4 is 5.91 Å². The molecule has 6 heteroatoms. The summed E-state index contributed by atoms with van der Waals surface area (Å²) in [4.78, 5) is 12.3. The smallest absolute Gasteiger partial charge is 0.269 e. The number of aromatic nitrogens is 2. The van der Waals surface area contributed by atoms with Crippen LogP contribution in [0.1, 0.15) is 30.3 Å². The Hall–Kier alpha value is -2.34. The van der Waals surface area contributed by atoms with Crippen LogP contribution >= 0.6 is 0 Å². The van der Waals surface area contributed by atoms with Gasteiger partial charge in [-0.3, -0.25) is 9.89 Å². The van der Waals surface area contributed by atoms with Gasteiger partial charge in [-0.25, -0.2) is 0 Å². The van der Waals surface area contributed by atoms with Crippen LogP contribution in [-0.2, 0) is 4.74 Å². The van der Waals surface area contributed by atoms with Crippen molar-refractivity contribution in [2.24, 2.45) is 0 Å². The fourth-order valence-corrected chi connectivity index (χ4v) is 2.65. The summed E-state index contributed by atoms with van der Waals surface area (Å²) >= 11 is 0. The molecule has 1 aromatic carbocycles. The molecule has 1 fully saturated rings. The molecular formula is C17H21N3O3. The lowest BCUT2D eigenvalue weighted by atomic mass is 10.1. The van der Waals surface area contributed by atoms with E-state index in [1.54, 1.807) is 6.07 Å². The van der Waals surface area contributed by atoms with Gasteiger partial charge in [-0.05, 0) is 38.0 Å². The predicted molar refractivity (Wildman–Crippen MR) is 86.5 cm³/mol. The second-order valence-electron chi connectivity index (χ2n) is 5.48. The summed E-state index contributed by atoms with van der Waals surface area (Å²) < 4.78 is 11.0. The standard InChI is InChI=1S/C17H21N3O3/c1-2-23-16-8-4-3-7-13(16)14-10-15(20-19-14)17(21)18-12-6-5-9-22-11-12/h3-4,7-8,10,12H,2,5-6,9,11H2,1H3,(H,18,21)(H,19,20)/t12-/m1/s1. The molecule has 1 amide bonds. The molecule has 2 heterocycles. The Bertz CT molecular complexity index is 663. The Morgan fingerprint density at radius 1 is 1.48 bits per heavy atom. The lowest BCUT2D eigenvalue weighted by Crippen LogP contribution is -2.40. The Morgan fingerprint density at radius 2 is 2.35 bits per heavy atom. The number of nitrogens with zero attached hydrogens (tertiary/aromatic N) is 1. The quantitative estimate of drug-likeness (QED) is 0.888. The number of para-hydroxylation sites is 1. The maximum absolute atomic E-state index is 12.3. The van der Waals surface area contributed by atoms with Gasteiger partial charge in [0.15, 0.2) is 0 Å². The maximum Gasteiger partial charge on any atom is 0.269 e. The van der Waals surface area contributed by atoms with E-state index in [2.05, 4.69) is 15.5 Å². The summed E-state index contributed by atoms with van der Waals surface area (Å²) in [5, 5.41) is 10.0. The average molecular weight is 315 g/mol. The van der Waals surface area contributed by atoms with Crippen molar-refractivity contribution in [1.29, 1.82) is 0 Å². The number of carbonyl (C=O) groups excluding carboxylic acids is 1. The SMILES string of the molecule is CCOc1ccccc1-c1cc(C(=O)N[C@@H]2CCCOC2)[nH]n1. The molecule has 1 saturated heterocycles. The first-order chi connectivity index (χ1) is 11.3. The van der Waals surface area contributed by atoms with Gasteiger partial charge in [-0.1, -0.05) is 12.1 Å². The second-order valence-corrected chi connectivity index (χ2v) is 5.48. The van der Waals surface area contributed by atoms with Crippen molar-refractivity contribution in [2.45, 2.75) is 25.8 Å². The molecule has 3 rings (SSSR count). The first-order valence-corrected chi connectivity index (χ1v) is 7.94. The van der Waals surface area contributed by atoms with E-state index < -0.39 is 0 Å². The number of benzene rings is 1. The van der Waals surface area contributed by atoms with Gasteiger partial charge in [0, 0.05) is 12.2 Å². The van der Waals surface area contributed by atoms with Crippen LogP contribution < -0.4 is 10.1 Å². The van der Waals surface area contributed by atoms with Crippen molar-refractivity contribution < 1.29 is 14.3 Å². The summed E-state index contributed by atoms with van der Waals surface area (Å²) in [5.41, 5.74) is 2.00. The molecular weight excluding hydrogens is 294 g/mol. The minimum atomic E-state index is -0.159. The fraction of sp³-hybridized carbons (Fsp3) is 0.412. The van der Waals surface area contributed by atoms with Crippen LogP contribution in [0.2, 0.25) is 0 Å². The fourth-order valence-electron chi connectivity index (χ4n) is 2.65. The molecule has 0 radical (unpaired) electrons. The first-order valence-electron chi connectivity index (χ1n) is 7.94. The number of aromatic amines is 1. The maximum atomic E-state index is 12.3. The Balaban J connectivity index is 1.73. The van der Waals surface area contributed by atoms with Gasteiger partial charge < -0.3 is 14.8 Å². The normalized spacial score (nSPS) is 17.7. The molecule has 0 unspecified atom stereocenters. The van der Waals surface area contributed by atoms with E-state index in [0.717, 1.165) is 30.8 Å². The van der Waals surface area contributed by atoms with Crippen LogP contribution in [-0.4, -0.2) is 42.0 Å². The number of amides is 1. The second kappa shape index (κ2) is 7.28. The summed E-state index contributed by atoms with van der Waals surface area (Å²) in [6.45, 7) is 3.86. The van der Waals surface area contributed by atoms with E-state index in [0.29, 0.717) is 24.6 Å². The van der Waals surface area contributed by atoms with Gasteiger partial charge in [-0.2, -0.15) is 5.10 Å². The molecule has 0 aliphatic carbocycles. The van der Waals surface area contributed by atoms with Crippen molar-refractivity contribution in [2.75, 3.05) is 19.8 Å². The highest BCUT2D eigenvalue weighted by Gasteiger charge is 2.19. The largest absolute Gasteiger partial charge is 0.493 e. The van der Waals surface area contributed by atoms with Gasteiger partial charge in [0.05, 0.1) is 24.9 Å². The minimum absolute atomic E-state index is 0.0683. The van der Waals surface area contributed by atoms with E-state index in [-0.39, 0.29) is 11.9 Å². The van der Waals surface area contributed by atoms with Crippen LogP contribution in [0.15, 0.2) is 30.3 Å². The molecule has 1 aromatic heterocycles. The van der Waals surface area contributed by atoms with Crippen LogP contribution in [0.3, 0.4) is 0 Å². The van der Waals surface area contributed by atoms with Crippen molar-refractivity contribution in [3.8, 4) is 17.0 Å². The lowest BCUT2D eigenvalue weighted by molar-refractivity contribution is 0.0622. The van der Waals surface area contributed by atoms with Crippen LogP contribution in [0.4, 0.5) is 0 Å². The Labute approximate surface area is 135 Å². The molecule has 0 spiro atoms. The topological polar surface area (TPSA) is 76.2 Å². The van der Waals surface area contributed by atoms with E-state index in [1.807, 2.05) is 31.2 Å². The summed E-state index contributed by atoms with van der Waals surface area (Å²) in [5.74, 6) is 0.599. The number of hydrogen-bond acceptors (Lipinski definition) is 4. The summed E-state index contributed by atoms with van der Waals surface area (Å²) in [6, 6.07) is 9.48. The van der Waals surface area contributed by atoms with Gasteiger partial charge in [0.2, 0.25) is 0 Å². The third kappa shape index (κ3) is 3.71. The van der Waals surface area contributed by atoms with E-state index in [1.165, 1.54) is 0 Å². The molecule has 0 bridgehead atoms.